The molecule has 1 rings (SSSR count). The van der Waals surface area contributed by atoms with E-state index in [0.29, 0.717) is 0 Å². The third-order valence-electron chi connectivity index (χ3n) is 1.86. The van der Waals surface area contributed by atoms with Gasteiger partial charge in [-0.3, -0.25) is 0 Å². The van der Waals surface area contributed by atoms with E-state index < -0.39 is 0 Å². The molecule has 1 heterocycles. The maximum atomic E-state index is 3.32. The number of aromatic amines is 1. The van der Waals surface area contributed by atoms with Gasteiger partial charge in [0.2, 0.25) is 0 Å². The molecular weight excluding hydrogens is 140 g/mol. The molecule has 1 N–H and O–H groups in total. The smallest absolute Gasteiger partial charge is 0.304 e. The molecule has 0 unspecified atom stereocenters. The average Bonchev–Trinajstić information content (AvgIpc) is 2.15. The van der Waals surface area contributed by atoms with Crippen molar-refractivity contribution in [3.8, 4) is 0 Å². The van der Waals surface area contributed by atoms with Gasteiger partial charge in [0.05, 0.1) is 0 Å². The van der Waals surface area contributed by atoms with Gasteiger partial charge in [-0.05, 0) is 12.5 Å². The van der Waals surface area contributed by atoms with Gasteiger partial charge in [-0.2, -0.15) is 0 Å². The van der Waals surface area contributed by atoms with Gasteiger partial charge in [0, 0.05) is 6.20 Å². The fraction of sp³-hybridized carbons (Fsp3) is 0.333. The lowest BCUT2D eigenvalue weighted by Gasteiger charge is -1.91. The highest BCUT2D eigenvalue weighted by Gasteiger charge is 1.99. The molecule has 0 atom stereocenters. The van der Waals surface area contributed by atoms with Gasteiger partial charge in [0.1, 0.15) is 0 Å². The van der Waals surface area contributed by atoms with Crippen LogP contribution < -0.4 is 8.98 Å². The van der Waals surface area contributed by atoms with Crippen LogP contribution in [0.2, 0.25) is 5.79 Å². The summed E-state index contributed by atoms with van der Waals surface area (Å²) >= 11 is 1.28. The van der Waals surface area contributed by atoms with Crippen molar-refractivity contribution >= 4 is 40.5 Å². The van der Waals surface area contributed by atoms with Crippen molar-refractivity contribution in [2.75, 3.05) is 0 Å². The summed E-state index contributed by atoms with van der Waals surface area (Å²) in [5, 5.41) is 0. The second-order valence-electron chi connectivity index (χ2n) is 2.43. The van der Waals surface area contributed by atoms with E-state index in [-0.39, 0.29) is 15.2 Å². The molecule has 46 valence electrons. The lowest BCUT2D eigenvalue weighted by atomic mass is 10.4. The average molecular weight is 151 g/mol. The van der Waals surface area contributed by atoms with Gasteiger partial charge in [0.15, 0.2) is 0 Å². The third-order valence-corrected chi connectivity index (χ3v) is 5.40. The predicted octanol–water partition coefficient (Wildman–Crippen LogP) is -1.31. The van der Waals surface area contributed by atoms with E-state index in [1.807, 2.05) is 0 Å². The summed E-state index contributed by atoms with van der Waals surface area (Å²) in [6, 6.07) is 0. The zero-order valence-corrected chi connectivity index (χ0v) is 9.70. The van der Waals surface area contributed by atoms with Crippen LogP contribution in [-0.2, 0) is 0 Å². The molecule has 0 bridgehead atoms. The topological polar surface area (TPSA) is 15.8 Å². The Bertz CT molecular complexity index is 205. The number of H-pyrrole nitrogens is 1. The van der Waals surface area contributed by atoms with Crippen molar-refractivity contribution in [2.45, 2.75) is 12.7 Å². The molecular formula is C6H11Al2N. The maximum Gasteiger partial charge on any atom is 0.304 e. The minimum atomic E-state index is 0.0623. The summed E-state index contributed by atoms with van der Waals surface area (Å²) in [4.78, 5) is 3.32. The molecule has 0 aliphatic heterocycles. The van der Waals surface area contributed by atoms with Crippen LogP contribution in [0.5, 0.6) is 0 Å². The van der Waals surface area contributed by atoms with Crippen molar-refractivity contribution in [1.29, 1.82) is 0 Å². The highest BCUT2D eigenvalue weighted by atomic mass is 27.1. The number of hydrogen-bond donors (Lipinski definition) is 1. The van der Waals surface area contributed by atoms with Crippen LogP contribution in [0.3, 0.4) is 0 Å². The second-order valence-corrected chi connectivity index (χ2v) is 4.84. The maximum absolute atomic E-state index is 3.32. The summed E-state index contributed by atoms with van der Waals surface area (Å²) in [6.45, 7) is 2.19. The molecule has 3 heteroatoms. The Labute approximate surface area is 70.0 Å². The molecule has 0 saturated heterocycles. The minimum Gasteiger partial charge on any atom is -0.382 e. The van der Waals surface area contributed by atoms with Crippen molar-refractivity contribution in [3.63, 3.8) is 0 Å². The Hall–Kier alpha value is 0.345. The first kappa shape index (κ1) is 7.45. The van der Waals surface area contributed by atoms with E-state index in [9.17, 15) is 0 Å². The van der Waals surface area contributed by atoms with Crippen LogP contribution in [0.25, 0.3) is 0 Å². The minimum absolute atomic E-state index is 0.0623. The largest absolute Gasteiger partial charge is 0.382 e. The molecule has 1 aromatic heterocycles. The van der Waals surface area contributed by atoms with Gasteiger partial charge in [0.25, 0.3) is 16.3 Å². The molecule has 9 heavy (non-hydrogen) atoms. The molecule has 0 radical (unpaired) electrons. The summed E-state index contributed by atoms with van der Waals surface area (Å²) in [5.41, 5.74) is 1.46. The standard InChI is InChI=1S/C5H5N.CH3.2Al.3H/c1-5-2-3-6-4-5;;;;;;/h4,6H,1H3;1H3;;;;;. The Morgan fingerprint density at radius 1 is 1.67 bits per heavy atom. The first-order valence-electron chi connectivity index (χ1n) is 3.39. The van der Waals surface area contributed by atoms with Gasteiger partial charge in [-0.15, -0.1) is 10.2 Å². The first-order valence-corrected chi connectivity index (χ1v) is 6.51. The van der Waals surface area contributed by atoms with Crippen molar-refractivity contribution in [3.05, 3.63) is 11.8 Å². The molecule has 0 saturated carbocycles. The molecule has 0 aliphatic carbocycles. The van der Waals surface area contributed by atoms with E-state index in [0.717, 1.165) is 0 Å². The molecule has 0 amide bonds. The van der Waals surface area contributed by atoms with Crippen molar-refractivity contribution in [2.24, 2.45) is 0 Å². The Balaban J connectivity index is 3.04. The number of rotatable bonds is 1. The van der Waals surface area contributed by atoms with E-state index in [1.54, 1.807) is 8.98 Å². The number of aromatic nitrogens is 1. The zero-order valence-electron chi connectivity index (χ0n) is 6.28. The highest BCUT2D eigenvalue weighted by Crippen LogP contribution is 1.83. The number of aryl methyl sites for hydroxylation is 1. The van der Waals surface area contributed by atoms with Crippen LogP contribution in [0.4, 0.5) is 0 Å². The normalized spacial score (nSPS) is 9.56. The molecule has 0 spiro atoms. The first-order chi connectivity index (χ1) is 4.25. The molecule has 1 nitrogen and oxygen atoms in total. The Morgan fingerprint density at radius 2 is 2.33 bits per heavy atom. The zero-order chi connectivity index (χ0) is 6.85. The highest BCUT2D eigenvalue weighted by molar-refractivity contribution is 6.59. The van der Waals surface area contributed by atoms with Crippen LogP contribution in [0.1, 0.15) is 5.56 Å². The molecule has 0 aromatic carbocycles. The van der Waals surface area contributed by atoms with Gasteiger partial charge >= 0.3 is 15.2 Å². The second kappa shape index (κ2) is 2.95. The van der Waals surface area contributed by atoms with E-state index in [2.05, 4.69) is 23.9 Å². The third kappa shape index (κ3) is 1.43. The van der Waals surface area contributed by atoms with Gasteiger partial charge < -0.3 is 4.98 Å². The van der Waals surface area contributed by atoms with Gasteiger partial charge in [-0.25, -0.2) is 0 Å². The molecule has 0 aliphatic rings. The summed E-state index contributed by atoms with van der Waals surface area (Å²) in [6.07, 6.45) is 2.13. The fourth-order valence-electron chi connectivity index (χ4n) is 1.02. The monoisotopic (exact) mass is 151 g/mol. The van der Waals surface area contributed by atoms with Crippen LogP contribution in [0, 0.1) is 6.92 Å². The summed E-state index contributed by atoms with van der Waals surface area (Å²) in [7, 11) is 0. The summed E-state index contributed by atoms with van der Waals surface area (Å²) in [5.74, 6) is 2.33. The van der Waals surface area contributed by atoms with Crippen LogP contribution in [-0.4, -0.2) is 36.5 Å². The summed E-state index contributed by atoms with van der Waals surface area (Å²) < 4.78 is 3.18. The Kier molecular flexibility index (Phi) is 2.45. The number of hydrogen-bond acceptors (Lipinski definition) is 0. The lowest BCUT2D eigenvalue weighted by Crippen LogP contribution is -2.29. The Morgan fingerprint density at radius 3 is 2.56 bits per heavy atom. The SMILES string of the molecule is [CH3][AlH][c]1[nH]cc(C)[c]1[AlH2]. The quantitative estimate of drug-likeness (QED) is 0.480. The van der Waals surface area contributed by atoms with E-state index >= 15 is 0 Å². The van der Waals surface area contributed by atoms with Gasteiger partial charge in [-0.1, -0.05) is 4.56 Å². The fourth-order valence-corrected chi connectivity index (χ4v) is 3.48. The number of nitrogens with one attached hydrogen (secondary N) is 1. The molecule has 0 fully saturated rings. The van der Waals surface area contributed by atoms with E-state index in [1.165, 1.54) is 21.9 Å². The van der Waals surface area contributed by atoms with E-state index in [4.69, 9.17) is 0 Å². The van der Waals surface area contributed by atoms with Crippen molar-refractivity contribution in [1.82, 2.24) is 4.98 Å². The van der Waals surface area contributed by atoms with Crippen molar-refractivity contribution < 1.29 is 0 Å². The van der Waals surface area contributed by atoms with Crippen LogP contribution in [0.15, 0.2) is 6.20 Å². The van der Waals surface area contributed by atoms with Crippen LogP contribution >= 0.6 is 0 Å². The molecule has 1 aromatic rings. The lowest BCUT2D eigenvalue weighted by molar-refractivity contribution is 1.42. The predicted molar refractivity (Wildman–Crippen MR) is 46.4 cm³/mol.